The van der Waals surface area contributed by atoms with Crippen LogP contribution in [-0.4, -0.2) is 23.5 Å². The van der Waals surface area contributed by atoms with Crippen LogP contribution in [0.25, 0.3) is 32.3 Å². The predicted molar refractivity (Wildman–Crippen MR) is 202 cm³/mol. The molecule has 0 aromatic heterocycles. The standard InChI is InChI=1S/C42H46N4/c1-8-11-17-31(4)46(39(10-3)16-9-2)33(6)29-34(28-32(5)45(44-7)27-14-12-13-26-43)30-38-23-22-37-21-20-35-18-15-19-36-24-25-40(38)42(37)41(35)36/h8-26,28-29,44H,2-3,5,27,30,43H2,1,4,6-7H3/b11-8-,14-12-,26-13-,31-17+,33-29+,34-28+,39-16+. The van der Waals surface area contributed by atoms with Crippen molar-refractivity contribution in [3.05, 3.63) is 181 Å². The molecule has 4 aromatic rings. The van der Waals surface area contributed by atoms with Gasteiger partial charge in [-0.2, -0.15) is 0 Å². The molecule has 3 N–H and O–H groups in total. The summed E-state index contributed by atoms with van der Waals surface area (Å²) in [7, 11) is 1.90. The van der Waals surface area contributed by atoms with E-state index in [1.165, 1.54) is 44.1 Å². The second-order valence-electron chi connectivity index (χ2n) is 11.1. The SMILES string of the molecule is C=C/C=C(\C=C)N(/C(C)=C/C=C\C)/C(C)=C/C(=C\C(=C)N(C/C=C\C=C/N)NC)Cc1ccc2ccc3cccc4ccc1c2c34. The number of hydrogen-bond donors (Lipinski definition) is 2. The Morgan fingerprint density at radius 1 is 0.848 bits per heavy atom. The van der Waals surface area contributed by atoms with Gasteiger partial charge < -0.3 is 15.6 Å². The van der Waals surface area contributed by atoms with E-state index in [0.29, 0.717) is 13.0 Å². The van der Waals surface area contributed by atoms with E-state index in [1.807, 2.05) is 61.5 Å². The fraction of sp³-hybridized carbons (Fsp3) is 0.143. The zero-order chi connectivity index (χ0) is 33.1. The lowest BCUT2D eigenvalue weighted by Crippen LogP contribution is -2.33. The van der Waals surface area contributed by atoms with Crippen LogP contribution in [0.4, 0.5) is 0 Å². The third-order valence-electron chi connectivity index (χ3n) is 8.01. The van der Waals surface area contributed by atoms with Crippen LogP contribution in [0.15, 0.2) is 176 Å². The van der Waals surface area contributed by atoms with Gasteiger partial charge in [0.05, 0.1) is 6.54 Å². The minimum atomic E-state index is 0.630. The third kappa shape index (κ3) is 7.66. The van der Waals surface area contributed by atoms with Crippen molar-refractivity contribution < 1.29 is 0 Å². The predicted octanol–water partition coefficient (Wildman–Crippen LogP) is 9.97. The Kier molecular flexibility index (Phi) is 11.8. The summed E-state index contributed by atoms with van der Waals surface area (Å²) in [6, 6.07) is 20.0. The van der Waals surface area contributed by atoms with Crippen molar-refractivity contribution in [1.29, 1.82) is 0 Å². The molecule has 0 amide bonds. The molecule has 0 fully saturated rings. The van der Waals surface area contributed by atoms with Crippen molar-refractivity contribution in [2.45, 2.75) is 27.2 Å². The maximum absolute atomic E-state index is 5.51. The van der Waals surface area contributed by atoms with Crippen molar-refractivity contribution >= 4 is 32.3 Å². The fourth-order valence-corrected chi connectivity index (χ4v) is 5.95. The van der Waals surface area contributed by atoms with Crippen molar-refractivity contribution in [1.82, 2.24) is 15.3 Å². The third-order valence-corrected chi connectivity index (χ3v) is 8.01. The Morgan fingerprint density at radius 2 is 1.54 bits per heavy atom. The maximum Gasteiger partial charge on any atom is 0.0528 e. The Balaban J connectivity index is 1.87. The number of rotatable bonds is 15. The zero-order valence-corrected chi connectivity index (χ0v) is 27.6. The van der Waals surface area contributed by atoms with Crippen LogP contribution in [0.1, 0.15) is 26.3 Å². The molecule has 0 aliphatic carbocycles. The van der Waals surface area contributed by atoms with Crippen LogP contribution in [-0.2, 0) is 6.42 Å². The molecule has 4 aromatic carbocycles. The highest BCUT2D eigenvalue weighted by atomic mass is 15.5. The summed E-state index contributed by atoms with van der Waals surface area (Å²) in [6.45, 7) is 19.4. The van der Waals surface area contributed by atoms with Crippen LogP contribution in [0, 0.1) is 0 Å². The Bertz CT molecular complexity index is 1910. The van der Waals surface area contributed by atoms with Crippen LogP contribution >= 0.6 is 0 Å². The van der Waals surface area contributed by atoms with E-state index in [4.69, 9.17) is 5.73 Å². The van der Waals surface area contributed by atoms with Crippen LogP contribution in [0.3, 0.4) is 0 Å². The first kappa shape index (κ1) is 33.6. The summed E-state index contributed by atoms with van der Waals surface area (Å²) >= 11 is 0. The zero-order valence-electron chi connectivity index (χ0n) is 27.6. The number of benzene rings is 4. The highest BCUT2D eigenvalue weighted by Crippen LogP contribution is 2.37. The molecule has 234 valence electrons. The number of nitrogens with two attached hydrogens (primary N) is 1. The molecule has 4 nitrogen and oxygen atoms in total. The number of nitrogens with one attached hydrogen (secondary N) is 1. The van der Waals surface area contributed by atoms with E-state index in [2.05, 4.69) is 117 Å². The smallest absolute Gasteiger partial charge is 0.0528 e. The molecule has 0 saturated carbocycles. The summed E-state index contributed by atoms with van der Waals surface area (Å²) in [5, 5.41) is 9.70. The molecule has 0 bridgehead atoms. The van der Waals surface area contributed by atoms with E-state index in [0.717, 1.165) is 28.4 Å². The van der Waals surface area contributed by atoms with Crippen LogP contribution in [0.2, 0.25) is 0 Å². The Hall–Kier alpha value is -5.32. The number of allylic oxidation sites excluding steroid dienone is 13. The molecule has 0 unspecified atom stereocenters. The van der Waals surface area contributed by atoms with Gasteiger partial charge in [-0.1, -0.05) is 105 Å². The summed E-state index contributed by atoms with van der Waals surface area (Å²) in [5.74, 6) is 0. The van der Waals surface area contributed by atoms with Gasteiger partial charge in [0.1, 0.15) is 0 Å². The highest BCUT2D eigenvalue weighted by molar-refractivity contribution is 6.23. The van der Waals surface area contributed by atoms with Crippen molar-refractivity contribution in [2.75, 3.05) is 13.6 Å². The minimum Gasteiger partial charge on any atom is -0.405 e. The van der Waals surface area contributed by atoms with Gasteiger partial charge in [-0.3, -0.25) is 0 Å². The lowest BCUT2D eigenvalue weighted by Gasteiger charge is -2.28. The molecule has 0 radical (unpaired) electrons. The van der Waals surface area contributed by atoms with E-state index >= 15 is 0 Å². The molecule has 0 saturated heterocycles. The van der Waals surface area contributed by atoms with Gasteiger partial charge in [0.2, 0.25) is 0 Å². The summed E-state index contributed by atoms with van der Waals surface area (Å²) in [6.07, 6.45) is 24.2. The van der Waals surface area contributed by atoms with Gasteiger partial charge in [0.25, 0.3) is 0 Å². The highest BCUT2D eigenvalue weighted by Gasteiger charge is 2.15. The molecule has 4 heteroatoms. The summed E-state index contributed by atoms with van der Waals surface area (Å²) < 4.78 is 0. The average molecular weight is 607 g/mol. The second-order valence-corrected chi connectivity index (χ2v) is 11.1. The summed E-state index contributed by atoms with van der Waals surface area (Å²) in [4.78, 5) is 2.20. The Morgan fingerprint density at radius 3 is 2.20 bits per heavy atom. The monoisotopic (exact) mass is 606 g/mol. The van der Waals surface area contributed by atoms with Crippen molar-refractivity contribution in [3.63, 3.8) is 0 Å². The maximum atomic E-state index is 5.51. The van der Waals surface area contributed by atoms with Crippen molar-refractivity contribution in [3.8, 4) is 0 Å². The van der Waals surface area contributed by atoms with Gasteiger partial charge in [-0.25, -0.2) is 5.43 Å². The number of nitrogens with zero attached hydrogens (tertiary/aromatic N) is 2. The molecule has 4 rings (SSSR count). The molecular formula is C42H46N4. The van der Waals surface area contributed by atoms with Crippen molar-refractivity contribution in [2.24, 2.45) is 5.73 Å². The fourth-order valence-electron chi connectivity index (χ4n) is 5.95. The normalized spacial score (nSPS) is 13.7. The van der Waals surface area contributed by atoms with E-state index in [1.54, 1.807) is 6.08 Å². The lowest BCUT2D eigenvalue weighted by molar-refractivity contribution is 0.310. The van der Waals surface area contributed by atoms with E-state index in [-0.39, 0.29) is 0 Å². The quantitative estimate of drug-likeness (QED) is 0.0803. The van der Waals surface area contributed by atoms with Gasteiger partial charge in [-0.05, 0) is 113 Å². The van der Waals surface area contributed by atoms with Crippen LogP contribution in [0.5, 0.6) is 0 Å². The molecule has 0 aliphatic heterocycles. The first-order valence-electron chi connectivity index (χ1n) is 15.6. The average Bonchev–Trinajstić information content (AvgIpc) is 3.06. The second kappa shape index (κ2) is 16.1. The molecule has 46 heavy (non-hydrogen) atoms. The van der Waals surface area contributed by atoms with E-state index < -0.39 is 0 Å². The van der Waals surface area contributed by atoms with Gasteiger partial charge in [0.15, 0.2) is 0 Å². The largest absolute Gasteiger partial charge is 0.405 e. The van der Waals surface area contributed by atoms with Gasteiger partial charge in [-0.15, -0.1) is 0 Å². The molecular weight excluding hydrogens is 560 g/mol. The Labute approximate surface area is 274 Å². The first-order chi connectivity index (χ1) is 22.4. The number of hydrogen-bond acceptors (Lipinski definition) is 4. The van der Waals surface area contributed by atoms with Gasteiger partial charge in [0, 0.05) is 29.8 Å². The summed E-state index contributed by atoms with van der Waals surface area (Å²) in [5.41, 5.74) is 15.1. The first-order valence-corrected chi connectivity index (χ1v) is 15.6. The van der Waals surface area contributed by atoms with Crippen LogP contribution < -0.4 is 11.2 Å². The molecule has 0 atom stereocenters. The lowest BCUT2D eigenvalue weighted by atomic mass is 9.90. The number of hydrazine groups is 1. The molecule has 0 spiro atoms. The minimum absolute atomic E-state index is 0.630. The van der Waals surface area contributed by atoms with Gasteiger partial charge >= 0.3 is 0 Å². The topological polar surface area (TPSA) is 44.5 Å². The molecule has 0 heterocycles. The molecule has 0 aliphatic rings. The van der Waals surface area contributed by atoms with E-state index in [9.17, 15) is 0 Å².